The minimum Gasteiger partial charge on any atom is -0.313 e. The fraction of sp³-hybridized carbons (Fsp3) is 0.538. The molecule has 88 valence electrons. The van der Waals surface area contributed by atoms with Gasteiger partial charge in [0.1, 0.15) is 0 Å². The van der Waals surface area contributed by atoms with Crippen LogP contribution in [0, 0.1) is 0 Å². The Bertz CT molecular complexity index is 336. The number of hydrogen-bond acceptors (Lipinski definition) is 2. The third-order valence-corrected chi connectivity index (χ3v) is 4.30. The van der Waals surface area contributed by atoms with Gasteiger partial charge in [-0.15, -0.1) is 0 Å². The molecule has 3 heteroatoms. The highest BCUT2D eigenvalue weighted by molar-refractivity contribution is 9.10. The van der Waals surface area contributed by atoms with Gasteiger partial charge in [-0.3, -0.25) is 0 Å². The fourth-order valence-electron chi connectivity index (χ4n) is 2.18. The van der Waals surface area contributed by atoms with Crippen LogP contribution in [0.2, 0.25) is 0 Å². The molecule has 1 saturated carbocycles. The molecule has 1 aromatic carbocycles. The van der Waals surface area contributed by atoms with E-state index in [1.807, 2.05) is 11.8 Å². The van der Waals surface area contributed by atoms with Gasteiger partial charge in [0.25, 0.3) is 0 Å². The van der Waals surface area contributed by atoms with Gasteiger partial charge in [0.2, 0.25) is 0 Å². The molecular formula is C13H18BrNS. The number of thioether (sulfide) groups is 1. The summed E-state index contributed by atoms with van der Waals surface area (Å²) >= 11 is 5.44. The minimum absolute atomic E-state index is 0.746. The molecule has 1 aromatic rings. The van der Waals surface area contributed by atoms with Gasteiger partial charge < -0.3 is 5.32 Å². The van der Waals surface area contributed by atoms with Gasteiger partial charge in [-0.1, -0.05) is 28.1 Å². The first-order valence-corrected chi connectivity index (χ1v) is 7.96. The van der Waals surface area contributed by atoms with Crippen molar-refractivity contribution >= 4 is 27.7 Å². The van der Waals surface area contributed by atoms with E-state index < -0.39 is 0 Å². The molecule has 1 aliphatic carbocycles. The highest BCUT2D eigenvalue weighted by Crippen LogP contribution is 2.37. The Morgan fingerprint density at radius 2 is 2.25 bits per heavy atom. The van der Waals surface area contributed by atoms with E-state index in [0.29, 0.717) is 0 Å². The molecule has 0 saturated heterocycles. The molecule has 1 fully saturated rings. The summed E-state index contributed by atoms with van der Waals surface area (Å²) < 4.78 is 1.20. The van der Waals surface area contributed by atoms with E-state index in [1.165, 1.54) is 28.6 Å². The van der Waals surface area contributed by atoms with E-state index in [4.69, 9.17) is 0 Å². The maximum absolute atomic E-state index is 3.60. The van der Waals surface area contributed by atoms with E-state index >= 15 is 0 Å². The Balaban J connectivity index is 1.75. The molecule has 0 spiro atoms. The molecular weight excluding hydrogens is 282 g/mol. The van der Waals surface area contributed by atoms with Crippen molar-refractivity contribution in [3.63, 3.8) is 0 Å². The molecule has 0 aliphatic heterocycles. The van der Waals surface area contributed by atoms with Crippen molar-refractivity contribution in [2.24, 2.45) is 0 Å². The first-order valence-electron chi connectivity index (χ1n) is 5.77. The molecule has 0 radical (unpaired) electrons. The van der Waals surface area contributed by atoms with Crippen molar-refractivity contribution in [1.82, 2.24) is 5.32 Å². The second-order valence-corrected chi connectivity index (χ2v) is 6.27. The average molecular weight is 300 g/mol. The second-order valence-electron chi connectivity index (χ2n) is 4.37. The highest BCUT2D eigenvalue weighted by Gasteiger charge is 2.29. The summed E-state index contributed by atoms with van der Waals surface area (Å²) in [5.41, 5.74) is 1.48. The Labute approximate surface area is 111 Å². The zero-order chi connectivity index (χ0) is 11.4. The van der Waals surface area contributed by atoms with Crippen molar-refractivity contribution in [1.29, 1.82) is 0 Å². The maximum Gasteiger partial charge on any atom is 0.0178 e. The molecule has 0 bridgehead atoms. The number of hydrogen-bond donors (Lipinski definition) is 1. The number of halogens is 1. The summed E-state index contributed by atoms with van der Waals surface area (Å²) in [5.74, 6) is 1.99. The molecule has 0 heterocycles. The normalized spacial score (nSPS) is 24.1. The van der Waals surface area contributed by atoms with Crippen LogP contribution in [0.4, 0.5) is 0 Å². The van der Waals surface area contributed by atoms with Crippen LogP contribution in [-0.4, -0.2) is 24.6 Å². The van der Waals surface area contributed by atoms with E-state index in [-0.39, 0.29) is 0 Å². The summed E-state index contributed by atoms with van der Waals surface area (Å²) in [7, 11) is 0. The average Bonchev–Trinajstić information content (AvgIpc) is 2.21. The van der Waals surface area contributed by atoms with E-state index in [0.717, 1.165) is 18.5 Å². The first-order chi connectivity index (χ1) is 7.79. The van der Waals surface area contributed by atoms with Crippen molar-refractivity contribution in [3.8, 4) is 0 Å². The SMILES string of the molecule is CSCCNC1CC(c2cccc(Br)c2)C1. The van der Waals surface area contributed by atoms with Crippen molar-refractivity contribution in [2.45, 2.75) is 24.8 Å². The van der Waals surface area contributed by atoms with Crippen LogP contribution in [0.1, 0.15) is 24.3 Å². The molecule has 0 aromatic heterocycles. The van der Waals surface area contributed by atoms with Gasteiger partial charge in [0, 0.05) is 22.8 Å². The van der Waals surface area contributed by atoms with Gasteiger partial charge in [-0.2, -0.15) is 11.8 Å². The topological polar surface area (TPSA) is 12.0 Å². The standard InChI is InChI=1S/C13H18BrNS/c1-16-6-5-15-13-8-11(9-13)10-3-2-4-12(14)7-10/h2-4,7,11,13,15H,5-6,8-9H2,1H3. The summed E-state index contributed by atoms with van der Waals surface area (Å²) in [4.78, 5) is 0. The Kier molecular flexibility index (Phi) is 4.74. The summed E-state index contributed by atoms with van der Waals surface area (Å²) in [6, 6.07) is 9.47. The van der Waals surface area contributed by atoms with Gasteiger partial charge in [-0.25, -0.2) is 0 Å². The fourth-order valence-corrected chi connectivity index (χ4v) is 2.92. The zero-order valence-corrected chi connectivity index (χ0v) is 12.0. The number of rotatable bonds is 5. The Morgan fingerprint density at radius 1 is 1.44 bits per heavy atom. The lowest BCUT2D eigenvalue weighted by atomic mass is 9.76. The van der Waals surface area contributed by atoms with Crippen LogP contribution in [-0.2, 0) is 0 Å². The smallest absolute Gasteiger partial charge is 0.0178 e. The summed E-state index contributed by atoms with van der Waals surface area (Å²) in [5, 5.41) is 3.60. The molecule has 2 rings (SSSR count). The monoisotopic (exact) mass is 299 g/mol. The van der Waals surface area contributed by atoms with Crippen LogP contribution in [0.15, 0.2) is 28.7 Å². The number of nitrogens with one attached hydrogen (secondary N) is 1. The second kappa shape index (κ2) is 6.08. The Hall–Kier alpha value is 0.01000. The summed E-state index contributed by atoms with van der Waals surface area (Å²) in [6.07, 6.45) is 4.75. The predicted octanol–water partition coefficient (Wildman–Crippen LogP) is 3.65. The minimum atomic E-state index is 0.746. The molecule has 1 nitrogen and oxygen atoms in total. The highest BCUT2D eigenvalue weighted by atomic mass is 79.9. The van der Waals surface area contributed by atoms with Gasteiger partial charge in [0.15, 0.2) is 0 Å². The summed E-state index contributed by atoms with van der Waals surface area (Å²) in [6.45, 7) is 1.15. The van der Waals surface area contributed by atoms with Crippen molar-refractivity contribution < 1.29 is 0 Å². The Morgan fingerprint density at radius 3 is 2.94 bits per heavy atom. The zero-order valence-electron chi connectivity index (χ0n) is 9.58. The van der Waals surface area contributed by atoms with Crippen LogP contribution in [0.25, 0.3) is 0 Å². The lowest BCUT2D eigenvalue weighted by molar-refractivity contribution is 0.296. The molecule has 1 aliphatic rings. The van der Waals surface area contributed by atoms with Crippen molar-refractivity contribution in [2.75, 3.05) is 18.6 Å². The molecule has 0 amide bonds. The lowest BCUT2D eigenvalue weighted by Gasteiger charge is -2.36. The van der Waals surface area contributed by atoms with Crippen LogP contribution >= 0.6 is 27.7 Å². The van der Waals surface area contributed by atoms with Crippen LogP contribution < -0.4 is 5.32 Å². The van der Waals surface area contributed by atoms with Gasteiger partial charge in [-0.05, 0) is 42.7 Å². The maximum atomic E-state index is 3.60. The first kappa shape index (κ1) is 12.5. The van der Waals surface area contributed by atoms with Gasteiger partial charge in [0.05, 0.1) is 0 Å². The number of benzene rings is 1. The molecule has 1 N–H and O–H groups in total. The quantitative estimate of drug-likeness (QED) is 0.833. The largest absolute Gasteiger partial charge is 0.313 e. The third kappa shape index (κ3) is 3.25. The lowest BCUT2D eigenvalue weighted by Crippen LogP contribution is -2.41. The third-order valence-electron chi connectivity index (χ3n) is 3.20. The molecule has 0 atom stereocenters. The van der Waals surface area contributed by atoms with E-state index in [1.54, 1.807) is 0 Å². The van der Waals surface area contributed by atoms with Crippen LogP contribution in [0.3, 0.4) is 0 Å². The van der Waals surface area contributed by atoms with E-state index in [2.05, 4.69) is 51.8 Å². The van der Waals surface area contributed by atoms with Crippen LogP contribution in [0.5, 0.6) is 0 Å². The molecule has 16 heavy (non-hydrogen) atoms. The van der Waals surface area contributed by atoms with E-state index in [9.17, 15) is 0 Å². The molecule has 0 unspecified atom stereocenters. The predicted molar refractivity (Wildman–Crippen MR) is 76.3 cm³/mol. The van der Waals surface area contributed by atoms with Crippen molar-refractivity contribution in [3.05, 3.63) is 34.3 Å². The van der Waals surface area contributed by atoms with Gasteiger partial charge >= 0.3 is 0 Å².